The van der Waals surface area contributed by atoms with Gasteiger partial charge in [0.15, 0.2) is 6.29 Å². The zero-order valence-electron chi connectivity index (χ0n) is 25.8. The number of hydrogen-bond donors (Lipinski definition) is 11. The van der Waals surface area contributed by atoms with E-state index in [4.69, 9.17) is 41.9 Å². The molecule has 0 aromatic heterocycles. The summed E-state index contributed by atoms with van der Waals surface area (Å²) < 4.78 is 24.0. The van der Waals surface area contributed by atoms with Crippen LogP contribution >= 0.6 is 0 Å². The van der Waals surface area contributed by atoms with Gasteiger partial charge in [0.25, 0.3) is 0 Å². The molecule has 0 radical (unpaired) electrons. The van der Waals surface area contributed by atoms with Gasteiger partial charge in [-0.25, -0.2) is 0 Å². The molecule has 2 aliphatic heterocycles. The van der Waals surface area contributed by atoms with E-state index in [9.17, 15) is 25.2 Å². The van der Waals surface area contributed by atoms with Crippen LogP contribution in [0.1, 0.15) is 45.4 Å². The number of aliphatic hydroxyl groups is 4. The van der Waals surface area contributed by atoms with E-state index in [0.29, 0.717) is 25.3 Å². The normalized spacial score (nSPS) is 38.5. The number of nitrogens with two attached hydrogens (primary N) is 4. The Labute approximate surface area is 259 Å². The van der Waals surface area contributed by atoms with Gasteiger partial charge in [-0.1, -0.05) is 6.42 Å². The third-order valence-corrected chi connectivity index (χ3v) is 8.40. The molecule has 0 aromatic carbocycles. The molecule has 16 nitrogen and oxygen atoms in total. The summed E-state index contributed by atoms with van der Waals surface area (Å²) in [6, 6.07) is -3.04. The minimum Gasteiger partial charge on any atom is -0.467 e. The van der Waals surface area contributed by atoms with E-state index in [1.165, 1.54) is 6.92 Å². The summed E-state index contributed by atoms with van der Waals surface area (Å²) in [5, 5.41) is 52.3. The van der Waals surface area contributed by atoms with Crippen molar-refractivity contribution < 1.29 is 44.2 Å². The van der Waals surface area contributed by atoms with Gasteiger partial charge in [-0.15, -0.1) is 0 Å². The molecule has 1 saturated heterocycles. The van der Waals surface area contributed by atoms with Crippen LogP contribution in [-0.4, -0.2) is 139 Å². The minimum atomic E-state index is -1.44. The Morgan fingerprint density at radius 1 is 1.09 bits per heavy atom. The lowest BCUT2D eigenvalue weighted by Crippen LogP contribution is -2.69. The summed E-state index contributed by atoms with van der Waals surface area (Å²) in [4.78, 5) is 12.7. The Kier molecular flexibility index (Phi) is 14.6. The van der Waals surface area contributed by atoms with E-state index in [-0.39, 0.29) is 26.0 Å². The van der Waals surface area contributed by atoms with Gasteiger partial charge in [0.05, 0.1) is 31.3 Å². The molecule has 15 N–H and O–H groups in total. The van der Waals surface area contributed by atoms with Crippen LogP contribution in [0.5, 0.6) is 0 Å². The number of nitrogens with one attached hydrogen (secondary N) is 3. The lowest BCUT2D eigenvalue weighted by Gasteiger charge is -2.48. The maximum absolute atomic E-state index is 12.7. The lowest BCUT2D eigenvalue weighted by atomic mass is 9.83. The molecule has 3 aliphatic rings. The molecule has 1 aliphatic carbocycles. The van der Waals surface area contributed by atoms with Gasteiger partial charge >= 0.3 is 0 Å². The second-order valence-electron chi connectivity index (χ2n) is 12.2. The van der Waals surface area contributed by atoms with E-state index in [1.807, 2.05) is 6.08 Å². The van der Waals surface area contributed by atoms with Crippen LogP contribution in [0.2, 0.25) is 0 Å². The average molecular weight is 634 g/mol. The van der Waals surface area contributed by atoms with Crippen molar-refractivity contribution in [1.29, 1.82) is 0 Å². The van der Waals surface area contributed by atoms with Gasteiger partial charge in [-0.05, 0) is 71.8 Å². The predicted molar refractivity (Wildman–Crippen MR) is 160 cm³/mol. The number of likely N-dealkylation sites (N-methyl/N-ethyl adjacent to an activating group) is 1. The van der Waals surface area contributed by atoms with Gasteiger partial charge < -0.3 is 78.3 Å². The van der Waals surface area contributed by atoms with Crippen molar-refractivity contribution >= 4 is 5.91 Å². The van der Waals surface area contributed by atoms with Crippen LogP contribution in [0.15, 0.2) is 11.8 Å². The average Bonchev–Trinajstić information content (AvgIpc) is 2.97. The van der Waals surface area contributed by atoms with Crippen molar-refractivity contribution in [2.75, 3.05) is 39.8 Å². The fourth-order valence-corrected chi connectivity index (χ4v) is 5.87. The molecular formula is C28H55N7O9. The molecule has 0 aromatic rings. The highest BCUT2D eigenvalue weighted by Gasteiger charge is 2.51. The van der Waals surface area contributed by atoms with Crippen molar-refractivity contribution in [1.82, 2.24) is 16.0 Å². The maximum atomic E-state index is 12.7. The van der Waals surface area contributed by atoms with Crippen molar-refractivity contribution in [3.63, 3.8) is 0 Å². The smallest absolute Gasteiger partial charge is 0.249 e. The maximum Gasteiger partial charge on any atom is 0.249 e. The van der Waals surface area contributed by atoms with Crippen LogP contribution in [-0.2, 0) is 23.7 Å². The van der Waals surface area contributed by atoms with Crippen LogP contribution < -0.4 is 38.9 Å². The van der Waals surface area contributed by atoms with E-state index < -0.39 is 78.8 Å². The minimum absolute atomic E-state index is 0.0309. The molecule has 2 heterocycles. The van der Waals surface area contributed by atoms with Crippen molar-refractivity contribution in [3.8, 4) is 0 Å². The van der Waals surface area contributed by atoms with E-state index in [2.05, 4.69) is 16.0 Å². The van der Waals surface area contributed by atoms with Crippen molar-refractivity contribution in [3.05, 3.63) is 11.8 Å². The number of carbonyl (C=O) groups excluding carboxylic acids is 1. The monoisotopic (exact) mass is 633 g/mol. The van der Waals surface area contributed by atoms with Crippen LogP contribution in [0.3, 0.4) is 0 Å². The molecule has 12 atom stereocenters. The number of hydrogen-bond acceptors (Lipinski definition) is 15. The van der Waals surface area contributed by atoms with Crippen molar-refractivity contribution in [2.24, 2.45) is 22.9 Å². The topological polar surface area (TPSA) is 275 Å². The van der Waals surface area contributed by atoms with Crippen LogP contribution in [0.4, 0.5) is 0 Å². The highest BCUT2D eigenvalue weighted by molar-refractivity contribution is 5.80. The fourth-order valence-electron chi connectivity index (χ4n) is 5.87. The summed E-state index contributed by atoms with van der Waals surface area (Å²) in [5.74, 6) is -0.0537. The van der Waals surface area contributed by atoms with Crippen LogP contribution in [0, 0.1) is 0 Å². The predicted octanol–water partition coefficient (Wildman–Crippen LogP) is -4.22. The van der Waals surface area contributed by atoms with E-state index in [1.54, 1.807) is 7.05 Å². The van der Waals surface area contributed by atoms with Gasteiger partial charge in [-0.2, -0.15) is 0 Å². The Morgan fingerprint density at radius 2 is 1.82 bits per heavy atom. The standard InChI is InChI=1S/C28H55N7O9/c1-28(40)14-41-27(21(38)24(28)33-2)44-23-18(35-25(39)19(36)8-10-30)12-17(32)22(20(23)37)43-26-16(31)7-6-15(42-26)13-34-11-5-3-4-9-29/h6,16-24,26-27,33-34,36-38,40H,3-5,7-14,29-32H2,1-2H3,(H,35,39)/t16-,17+,18-,19+,20+,21-,22-,23+,24-,26-,27-,28+/m1/s1. The Morgan fingerprint density at radius 3 is 2.50 bits per heavy atom. The number of aliphatic hydroxyl groups excluding tert-OH is 3. The first kappa shape index (κ1) is 37.0. The molecular weight excluding hydrogens is 578 g/mol. The number of rotatable bonds is 16. The van der Waals surface area contributed by atoms with Crippen molar-refractivity contribution in [2.45, 2.75) is 118 Å². The first-order valence-corrected chi connectivity index (χ1v) is 15.6. The molecule has 16 heteroatoms. The SMILES string of the molecule is CN[C@@H]1[C@@H](O)[C@@H](O[C@@H]2[C@@H](O)[C@H](O[C@H]3OC(CNCCCCCN)=CC[C@H]3N)[C@@H](N)C[C@H]2NC(=O)[C@@H](O)CCN)OC[C@]1(C)O. The zero-order valence-corrected chi connectivity index (χ0v) is 25.8. The zero-order chi connectivity index (χ0) is 32.4. The molecule has 0 unspecified atom stereocenters. The Hall–Kier alpha value is -1.51. The molecule has 256 valence electrons. The van der Waals surface area contributed by atoms with Gasteiger partial charge in [0.1, 0.15) is 41.9 Å². The van der Waals surface area contributed by atoms with Gasteiger partial charge in [0.2, 0.25) is 12.2 Å². The summed E-state index contributed by atoms with van der Waals surface area (Å²) in [7, 11) is 1.58. The Bertz CT molecular complexity index is 917. The molecule has 0 bridgehead atoms. The molecule has 1 saturated carbocycles. The van der Waals surface area contributed by atoms with Crippen LogP contribution in [0.25, 0.3) is 0 Å². The molecule has 2 fully saturated rings. The fraction of sp³-hybridized carbons (Fsp3) is 0.893. The lowest BCUT2D eigenvalue weighted by molar-refractivity contribution is -0.304. The van der Waals surface area contributed by atoms with Gasteiger partial charge in [-0.3, -0.25) is 4.79 Å². The molecule has 0 spiro atoms. The highest BCUT2D eigenvalue weighted by atomic mass is 16.7. The van der Waals surface area contributed by atoms with Gasteiger partial charge in [0, 0.05) is 6.04 Å². The summed E-state index contributed by atoms with van der Waals surface area (Å²) in [6.45, 7) is 3.38. The molecule has 44 heavy (non-hydrogen) atoms. The number of carbonyl (C=O) groups is 1. The van der Waals surface area contributed by atoms with E-state index >= 15 is 0 Å². The number of unbranched alkanes of at least 4 members (excludes halogenated alkanes) is 2. The first-order valence-electron chi connectivity index (χ1n) is 15.6. The Balaban J connectivity index is 1.72. The first-order chi connectivity index (χ1) is 20.9. The second-order valence-corrected chi connectivity index (χ2v) is 12.2. The number of ether oxygens (including phenoxy) is 4. The highest BCUT2D eigenvalue weighted by Crippen LogP contribution is 2.32. The quantitative estimate of drug-likeness (QED) is 0.0719. The third kappa shape index (κ3) is 9.75. The second kappa shape index (κ2) is 17.4. The van der Waals surface area contributed by atoms with E-state index in [0.717, 1.165) is 25.8 Å². The summed E-state index contributed by atoms with van der Waals surface area (Å²) in [6.07, 6.45) is -3.10. The summed E-state index contributed by atoms with van der Waals surface area (Å²) in [5.41, 5.74) is 22.4. The molecule has 3 rings (SSSR count). The number of amides is 1. The summed E-state index contributed by atoms with van der Waals surface area (Å²) >= 11 is 0. The largest absolute Gasteiger partial charge is 0.467 e. The third-order valence-electron chi connectivity index (χ3n) is 8.40. The molecule has 1 amide bonds.